The lowest BCUT2D eigenvalue weighted by atomic mass is 10.3. The number of rotatable bonds is 2. The second-order valence-corrected chi connectivity index (χ2v) is 3.18. The SMILES string of the molecule is O=C(O)c1nc(C(F)F)c(Br)cc1O. The zero-order chi connectivity index (χ0) is 10.9. The summed E-state index contributed by atoms with van der Waals surface area (Å²) in [5, 5.41) is 17.5. The van der Waals surface area contributed by atoms with Crippen molar-refractivity contribution in [1.29, 1.82) is 0 Å². The van der Waals surface area contributed by atoms with Crippen molar-refractivity contribution in [3.05, 3.63) is 21.9 Å². The van der Waals surface area contributed by atoms with Crippen molar-refractivity contribution < 1.29 is 23.8 Å². The second kappa shape index (κ2) is 3.87. The molecule has 0 fully saturated rings. The number of alkyl halides is 2. The van der Waals surface area contributed by atoms with Gasteiger partial charge in [-0.3, -0.25) is 0 Å². The number of nitrogens with zero attached hydrogens (tertiary/aromatic N) is 1. The maximum Gasteiger partial charge on any atom is 0.358 e. The van der Waals surface area contributed by atoms with E-state index in [1.165, 1.54) is 0 Å². The van der Waals surface area contributed by atoms with E-state index in [1.54, 1.807) is 0 Å². The van der Waals surface area contributed by atoms with Gasteiger partial charge in [0, 0.05) is 4.47 Å². The average Bonchev–Trinajstić information content (AvgIpc) is 2.02. The van der Waals surface area contributed by atoms with Crippen LogP contribution in [0.2, 0.25) is 0 Å². The van der Waals surface area contributed by atoms with Gasteiger partial charge in [0.25, 0.3) is 6.43 Å². The summed E-state index contributed by atoms with van der Waals surface area (Å²) in [5.74, 6) is -2.22. The summed E-state index contributed by atoms with van der Waals surface area (Å²) in [7, 11) is 0. The number of aromatic hydroxyl groups is 1. The molecule has 0 aliphatic carbocycles. The molecule has 7 heteroatoms. The Hall–Kier alpha value is -1.24. The largest absolute Gasteiger partial charge is 0.505 e. The number of hydrogen-bond donors (Lipinski definition) is 2. The number of hydrogen-bond acceptors (Lipinski definition) is 3. The van der Waals surface area contributed by atoms with Gasteiger partial charge in [0.1, 0.15) is 11.4 Å². The van der Waals surface area contributed by atoms with E-state index in [4.69, 9.17) is 10.2 Å². The Kier molecular flexibility index (Phi) is 3.00. The van der Waals surface area contributed by atoms with Gasteiger partial charge in [-0.2, -0.15) is 0 Å². The van der Waals surface area contributed by atoms with Crippen LogP contribution < -0.4 is 0 Å². The van der Waals surface area contributed by atoms with Crippen molar-refractivity contribution in [3.8, 4) is 5.75 Å². The maximum atomic E-state index is 12.2. The van der Waals surface area contributed by atoms with E-state index in [1.807, 2.05) is 0 Å². The van der Waals surface area contributed by atoms with Crippen LogP contribution in [0.4, 0.5) is 8.78 Å². The highest BCUT2D eigenvalue weighted by Crippen LogP contribution is 2.29. The molecule has 0 bridgehead atoms. The molecule has 0 atom stereocenters. The van der Waals surface area contributed by atoms with Gasteiger partial charge in [0.05, 0.1) is 0 Å². The van der Waals surface area contributed by atoms with Crippen molar-refractivity contribution in [3.63, 3.8) is 0 Å². The van der Waals surface area contributed by atoms with E-state index in [9.17, 15) is 13.6 Å². The van der Waals surface area contributed by atoms with Crippen molar-refractivity contribution in [2.45, 2.75) is 6.43 Å². The third-order valence-corrected chi connectivity index (χ3v) is 2.03. The van der Waals surface area contributed by atoms with E-state index >= 15 is 0 Å². The monoisotopic (exact) mass is 267 g/mol. The molecule has 0 unspecified atom stereocenters. The molecular weight excluding hydrogens is 264 g/mol. The minimum absolute atomic E-state index is 0.130. The highest BCUT2D eigenvalue weighted by molar-refractivity contribution is 9.10. The van der Waals surface area contributed by atoms with Gasteiger partial charge in [-0.1, -0.05) is 0 Å². The number of aromatic nitrogens is 1. The Bertz CT molecular complexity index is 383. The molecule has 2 N–H and O–H groups in total. The highest BCUT2D eigenvalue weighted by atomic mass is 79.9. The summed E-state index contributed by atoms with van der Waals surface area (Å²) in [4.78, 5) is 13.5. The lowest BCUT2D eigenvalue weighted by molar-refractivity contribution is 0.0685. The van der Waals surface area contributed by atoms with E-state index in [-0.39, 0.29) is 4.47 Å². The molecule has 0 aromatic carbocycles. The van der Waals surface area contributed by atoms with Crippen molar-refractivity contribution in [1.82, 2.24) is 4.98 Å². The first kappa shape index (κ1) is 10.8. The van der Waals surface area contributed by atoms with Crippen molar-refractivity contribution in [2.24, 2.45) is 0 Å². The molecule has 0 spiro atoms. The van der Waals surface area contributed by atoms with Crippen LogP contribution in [-0.4, -0.2) is 21.2 Å². The van der Waals surface area contributed by atoms with Crippen LogP contribution in [0, 0.1) is 0 Å². The van der Waals surface area contributed by atoms with Gasteiger partial charge in [-0.05, 0) is 22.0 Å². The zero-order valence-corrected chi connectivity index (χ0v) is 8.12. The van der Waals surface area contributed by atoms with E-state index < -0.39 is 29.5 Å². The van der Waals surface area contributed by atoms with E-state index in [0.29, 0.717) is 0 Å². The van der Waals surface area contributed by atoms with Crippen LogP contribution >= 0.6 is 15.9 Å². The van der Waals surface area contributed by atoms with E-state index in [2.05, 4.69) is 20.9 Å². The molecule has 1 heterocycles. The number of halogens is 3. The predicted octanol–water partition coefficient (Wildman–Crippen LogP) is 2.19. The summed E-state index contributed by atoms with van der Waals surface area (Å²) in [6.45, 7) is 0. The van der Waals surface area contributed by atoms with Crippen LogP contribution in [-0.2, 0) is 0 Å². The van der Waals surface area contributed by atoms with Crippen LogP contribution in [0.25, 0.3) is 0 Å². The molecule has 0 saturated carbocycles. The van der Waals surface area contributed by atoms with Crippen molar-refractivity contribution in [2.75, 3.05) is 0 Å². The summed E-state index contributed by atoms with van der Waals surface area (Å²) in [6.07, 6.45) is -2.90. The van der Waals surface area contributed by atoms with Crippen LogP contribution in [0.5, 0.6) is 5.75 Å². The summed E-state index contributed by atoms with van der Waals surface area (Å²) in [6, 6.07) is 0.873. The number of carbonyl (C=O) groups is 1. The first-order valence-electron chi connectivity index (χ1n) is 3.34. The average molecular weight is 268 g/mol. The first-order chi connectivity index (χ1) is 6.43. The number of pyridine rings is 1. The number of aromatic carboxylic acids is 1. The lowest BCUT2D eigenvalue weighted by Gasteiger charge is -2.05. The molecule has 0 radical (unpaired) electrons. The summed E-state index contributed by atoms with van der Waals surface area (Å²) < 4.78 is 24.3. The molecule has 0 aliphatic heterocycles. The molecule has 14 heavy (non-hydrogen) atoms. The lowest BCUT2D eigenvalue weighted by Crippen LogP contribution is -2.04. The second-order valence-electron chi connectivity index (χ2n) is 2.33. The Morgan fingerprint density at radius 2 is 2.14 bits per heavy atom. The minimum atomic E-state index is -2.90. The zero-order valence-electron chi connectivity index (χ0n) is 6.54. The molecule has 0 aliphatic rings. The Morgan fingerprint density at radius 3 is 2.57 bits per heavy atom. The van der Waals surface area contributed by atoms with Gasteiger partial charge >= 0.3 is 5.97 Å². The van der Waals surface area contributed by atoms with Gasteiger partial charge in [0.2, 0.25) is 0 Å². The molecule has 76 valence electrons. The fourth-order valence-electron chi connectivity index (χ4n) is 0.804. The predicted molar refractivity (Wildman–Crippen MR) is 45.5 cm³/mol. The molecule has 4 nitrogen and oxygen atoms in total. The number of carboxylic acids is 1. The Balaban J connectivity index is 3.34. The fraction of sp³-hybridized carbons (Fsp3) is 0.143. The topological polar surface area (TPSA) is 70.4 Å². The first-order valence-corrected chi connectivity index (χ1v) is 4.13. The molecule has 1 aromatic rings. The van der Waals surface area contributed by atoms with Gasteiger partial charge in [0.15, 0.2) is 5.69 Å². The molecule has 1 aromatic heterocycles. The van der Waals surface area contributed by atoms with Gasteiger partial charge < -0.3 is 10.2 Å². The molecule has 0 saturated heterocycles. The standard InChI is InChI=1S/C7H4BrF2NO3/c8-2-1-3(12)5(7(13)14)11-4(2)6(9)10/h1,6,12H,(H,13,14). The highest BCUT2D eigenvalue weighted by Gasteiger charge is 2.20. The quantitative estimate of drug-likeness (QED) is 0.862. The number of carboxylic acid groups (broad SMARTS) is 1. The van der Waals surface area contributed by atoms with Gasteiger partial charge in [-0.15, -0.1) is 0 Å². The van der Waals surface area contributed by atoms with Crippen LogP contribution in [0.1, 0.15) is 22.6 Å². The maximum absolute atomic E-state index is 12.2. The molecule has 0 amide bonds. The fourth-order valence-corrected chi connectivity index (χ4v) is 1.28. The molecule has 1 rings (SSSR count). The summed E-state index contributed by atoms with van der Waals surface area (Å²) in [5.41, 5.74) is -1.50. The third-order valence-electron chi connectivity index (χ3n) is 1.39. The van der Waals surface area contributed by atoms with Crippen LogP contribution in [0.15, 0.2) is 10.5 Å². The Labute approximate surface area is 85.3 Å². The Morgan fingerprint density at radius 1 is 1.57 bits per heavy atom. The smallest absolute Gasteiger partial charge is 0.358 e. The normalized spacial score (nSPS) is 10.6. The third kappa shape index (κ3) is 1.98. The van der Waals surface area contributed by atoms with Gasteiger partial charge in [-0.25, -0.2) is 18.6 Å². The molecular formula is C7H4BrF2NO3. The minimum Gasteiger partial charge on any atom is -0.505 e. The van der Waals surface area contributed by atoms with E-state index in [0.717, 1.165) is 6.07 Å². The van der Waals surface area contributed by atoms with Crippen LogP contribution in [0.3, 0.4) is 0 Å². The summed E-state index contributed by atoms with van der Waals surface area (Å²) >= 11 is 2.74. The van der Waals surface area contributed by atoms with Crippen molar-refractivity contribution >= 4 is 21.9 Å².